The molecule has 0 saturated heterocycles. The first-order chi connectivity index (χ1) is 14.4. The van der Waals surface area contributed by atoms with E-state index in [1.54, 1.807) is 48.5 Å². The lowest BCUT2D eigenvalue weighted by Gasteiger charge is -2.12. The highest BCUT2D eigenvalue weighted by atomic mass is 35.5. The summed E-state index contributed by atoms with van der Waals surface area (Å²) >= 11 is 11.2. The maximum atomic E-state index is 12.6. The van der Waals surface area contributed by atoms with Crippen LogP contribution in [-0.2, 0) is 10.0 Å². The van der Waals surface area contributed by atoms with Crippen molar-refractivity contribution in [2.24, 2.45) is 0 Å². The van der Waals surface area contributed by atoms with Crippen LogP contribution in [0.1, 0.15) is 6.92 Å². The molecule has 0 unspecified atom stereocenters. The number of anilines is 3. The van der Waals surface area contributed by atoms with Gasteiger partial charge in [0, 0.05) is 22.1 Å². The minimum atomic E-state index is -3.72. The Morgan fingerprint density at radius 3 is 2.20 bits per heavy atom. The second-order valence-electron chi connectivity index (χ2n) is 6.18. The molecule has 9 heteroatoms. The molecule has 3 N–H and O–H groups in total. The normalized spacial score (nSPS) is 10.9. The van der Waals surface area contributed by atoms with Crippen LogP contribution in [-0.4, -0.2) is 20.1 Å². The van der Waals surface area contributed by atoms with E-state index in [0.29, 0.717) is 33.9 Å². The van der Waals surface area contributed by atoms with Crippen LogP contribution in [0.15, 0.2) is 77.7 Å². The second kappa shape index (κ2) is 9.80. The average molecular weight is 462 g/mol. The van der Waals surface area contributed by atoms with Crippen molar-refractivity contribution < 1.29 is 13.2 Å². The monoisotopic (exact) mass is 461 g/mol. The van der Waals surface area contributed by atoms with Crippen molar-refractivity contribution in [2.75, 3.05) is 22.0 Å². The number of hydrogen-bond acceptors (Lipinski definition) is 4. The lowest BCUT2D eigenvalue weighted by molar-refractivity contribution is 0.340. The zero-order valence-electron chi connectivity index (χ0n) is 16.1. The van der Waals surface area contributed by atoms with Crippen molar-refractivity contribution in [3.05, 3.63) is 77.8 Å². The molecule has 0 bridgehead atoms. The van der Waals surface area contributed by atoms with Crippen LogP contribution in [0.4, 0.5) is 17.1 Å². The molecule has 0 aliphatic rings. The molecule has 3 aromatic carbocycles. The summed E-state index contributed by atoms with van der Waals surface area (Å²) in [5.74, 6) is 0.679. The van der Waals surface area contributed by atoms with Gasteiger partial charge in [-0.2, -0.15) is 0 Å². The Morgan fingerprint density at radius 2 is 1.57 bits per heavy atom. The fraction of sp³-hybridized carbons (Fsp3) is 0.0952. The van der Waals surface area contributed by atoms with Crippen molar-refractivity contribution in [3.8, 4) is 5.75 Å². The SMILES string of the molecule is CCOc1ccc(NS(=O)(=O)c2ccc(NC(=S)Nc3cccc(Cl)c3)cc2)cc1. The molecule has 0 atom stereocenters. The van der Waals surface area contributed by atoms with E-state index in [9.17, 15) is 8.42 Å². The molecule has 6 nitrogen and oxygen atoms in total. The van der Waals surface area contributed by atoms with Gasteiger partial charge in [-0.3, -0.25) is 4.72 Å². The molecule has 0 aliphatic heterocycles. The number of hydrogen-bond donors (Lipinski definition) is 3. The van der Waals surface area contributed by atoms with E-state index in [4.69, 9.17) is 28.6 Å². The molecule has 0 saturated carbocycles. The Bertz CT molecular complexity index is 1120. The van der Waals surface area contributed by atoms with E-state index < -0.39 is 10.0 Å². The quantitative estimate of drug-likeness (QED) is 0.412. The van der Waals surface area contributed by atoms with Gasteiger partial charge in [0.2, 0.25) is 0 Å². The van der Waals surface area contributed by atoms with Gasteiger partial charge in [-0.1, -0.05) is 17.7 Å². The zero-order chi connectivity index (χ0) is 21.6. The summed E-state index contributed by atoms with van der Waals surface area (Å²) in [6.45, 7) is 2.43. The molecule has 0 aliphatic carbocycles. The summed E-state index contributed by atoms with van der Waals surface area (Å²) in [4.78, 5) is 0.135. The lowest BCUT2D eigenvalue weighted by atomic mass is 10.3. The molecule has 0 radical (unpaired) electrons. The van der Waals surface area contributed by atoms with Gasteiger partial charge in [-0.15, -0.1) is 0 Å². The van der Waals surface area contributed by atoms with E-state index in [0.717, 1.165) is 5.69 Å². The standard InChI is InChI=1S/C21H20ClN3O3S2/c1-2-28-19-10-6-17(7-11-19)25-30(26,27)20-12-8-16(9-13-20)23-21(29)24-18-5-3-4-15(22)14-18/h3-14,25H,2H2,1H3,(H2,23,24,29). The van der Waals surface area contributed by atoms with Crippen LogP contribution >= 0.6 is 23.8 Å². The number of ether oxygens (including phenoxy) is 1. The third-order valence-corrected chi connectivity index (χ3v) is 5.76. The number of sulfonamides is 1. The molecule has 3 aromatic rings. The van der Waals surface area contributed by atoms with Crippen molar-refractivity contribution in [2.45, 2.75) is 11.8 Å². The first kappa shape index (κ1) is 21.9. The largest absolute Gasteiger partial charge is 0.494 e. The average Bonchev–Trinajstić information content (AvgIpc) is 2.70. The van der Waals surface area contributed by atoms with Crippen LogP contribution in [0.3, 0.4) is 0 Å². The summed E-state index contributed by atoms with van der Waals surface area (Å²) in [7, 11) is -3.72. The molecule has 3 rings (SSSR count). The third-order valence-electron chi connectivity index (χ3n) is 3.92. The van der Waals surface area contributed by atoms with Crippen molar-refractivity contribution in [1.82, 2.24) is 0 Å². The minimum Gasteiger partial charge on any atom is -0.494 e. The van der Waals surface area contributed by atoms with Crippen LogP contribution in [0, 0.1) is 0 Å². The van der Waals surface area contributed by atoms with Crippen LogP contribution in [0.2, 0.25) is 5.02 Å². The van der Waals surface area contributed by atoms with Gasteiger partial charge >= 0.3 is 0 Å². The first-order valence-electron chi connectivity index (χ1n) is 9.05. The second-order valence-corrected chi connectivity index (χ2v) is 8.70. The van der Waals surface area contributed by atoms with Crippen LogP contribution in [0.25, 0.3) is 0 Å². The topological polar surface area (TPSA) is 79.5 Å². The van der Waals surface area contributed by atoms with Gasteiger partial charge in [0.05, 0.1) is 11.5 Å². The summed E-state index contributed by atoms with van der Waals surface area (Å²) in [6, 6.07) is 20.2. The van der Waals surface area contributed by atoms with E-state index in [1.165, 1.54) is 12.1 Å². The van der Waals surface area contributed by atoms with E-state index >= 15 is 0 Å². The summed E-state index contributed by atoms with van der Waals surface area (Å²) in [6.07, 6.45) is 0. The summed E-state index contributed by atoms with van der Waals surface area (Å²) in [5.41, 5.74) is 1.85. The van der Waals surface area contributed by atoms with E-state index in [2.05, 4.69) is 15.4 Å². The Hall–Kier alpha value is -2.81. The third kappa shape index (κ3) is 6.09. The fourth-order valence-corrected chi connectivity index (χ4v) is 4.06. The van der Waals surface area contributed by atoms with Gasteiger partial charge in [0.1, 0.15) is 5.75 Å². The van der Waals surface area contributed by atoms with E-state index in [1.807, 2.05) is 19.1 Å². The minimum absolute atomic E-state index is 0.135. The smallest absolute Gasteiger partial charge is 0.261 e. The van der Waals surface area contributed by atoms with Crippen LogP contribution in [0.5, 0.6) is 5.75 Å². The number of thiocarbonyl (C=S) groups is 1. The zero-order valence-corrected chi connectivity index (χ0v) is 18.4. The number of halogens is 1. The highest BCUT2D eigenvalue weighted by molar-refractivity contribution is 7.92. The number of rotatable bonds is 7. The molecule has 0 heterocycles. The molecular weight excluding hydrogens is 442 g/mol. The summed E-state index contributed by atoms with van der Waals surface area (Å²) in [5, 5.41) is 6.98. The first-order valence-corrected chi connectivity index (χ1v) is 11.3. The Morgan fingerprint density at radius 1 is 0.933 bits per heavy atom. The Kier molecular flexibility index (Phi) is 7.15. The van der Waals surface area contributed by atoms with Gasteiger partial charge in [-0.25, -0.2) is 8.42 Å². The van der Waals surface area contributed by atoms with Gasteiger partial charge in [0.15, 0.2) is 5.11 Å². The van der Waals surface area contributed by atoms with Gasteiger partial charge in [0.25, 0.3) is 10.0 Å². The Balaban J connectivity index is 1.63. The van der Waals surface area contributed by atoms with Gasteiger partial charge < -0.3 is 15.4 Å². The lowest BCUT2D eigenvalue weighted by Crippen LogP contribution is -2.19. The highest BCUT2D eigenvalue weighted by Gasteiger charge is 2.14. The highest BCUT2D eigenvalue weighted by Crippen LogP contribution is 2.21. The maximum absolute atomic E-state index is 12.6. The number of nitrogens with one attached hydrogen (secondary N) is 3. The maximum Gasteiger partial charge on any atom is 0.261 e. The molecule has 0 amide bonds. The molecule has 156 valence electrons. The number of benzene rings is 3. The fourth-order valence-electron chi connectivity index (χ4n) is 2.58. The Labute approximate surface area is 186 Å². The predicted octanol–water partition coefficient (Wildman–Crippen LogP) is 5.35. The van der Waals surface area contributed by atoms with Crippen molar-refractivity contribution in [3.63, 3.8) is 0 Å². The van der Waals surface area contributed by atoms with Gasteiger partial charge in [-0.05, 0) is 85.9 Å². The van der Waals surface area contributed by atoms with Crippen molar-refractivity contribution in [1.29, 1.82) is 0 Å². The van der Waals surface area contributed by atoms with Crippen molar-refractivity contribution >= 4 is 56.0 Å². The molecular formula is C21H20ClN3O3S2. The predicted molar refractivity (Wildman–Crippen MR) is 126 cm³/mol. The molecule has 0 fully saturated rings. The molecule has 0 spiro atoms. The molecule has 30 heavy (non-hydrogen) atoms. The summed E-state index contributed by atoms with van der Waals surface area (Å²) < 4.78 is 33.1. The van der Waals surface area contributed by atoms with E-state index in [-0.39, 0.29) is 4.90 Å². The van der Waals surface area contributed by atoms with Crippen LogP contribution < -0.4 is 20.1 Å². The molecule has 0 aromatic heterocycles.